The minimum absolute atomic E-state index is 0.141. The number of nitrogens with two attached hydrogens (primary N) is 1. The van der Waals surface area contributed by atoms with Crippen LogP contribution in [0, 0.1) is 23.2 Å². The molecule has 0 spiro atoms. The molecule has 13 nitrogen and oxygen atoms in total. The lowest BCUT2D eigenvalue weighted by Crippen LogP contribution is -2.47. The minimum Gasteiger partial charge on any atom is -0.455 e. The summed E-state index contributed by atoms with van der Waals surface area (Å²) >= 11 is 0. The van der Waals surface area contributed by atoms with Gasteiger partial charge in [0.05, 0.1) is 23.6 Å². The van der Waals surface area contributed by atoms with E-state index in [4.69, 9.17) is 29.4 Å². The molecular weight excluding hydrogens is 486 g/mol. The number of hydrogen-bond acceptors (Lipinski definition) is 12. The Morgan fingerprint density at radius 2 is 1.78 bits per heavy atom. The van der Waals surface area contributed by atoms with Crippen LogP contribution in [0.5, 0.6) is 0 Å². The lowest BCUT2D eigenvalue weighted by atomic mass is 9.92. The SMILES string of the molecule is CC(C)OC(=O)OC[C@H]1O[C@@](C#N)(c2ccc3c(N)ncnn23)[C@H](OC(=O)C(C)C)[C@@H]1OC(=O)C(C)C. The van der Waals surface area contributed by atoms with Crippen LogP contribution in [-0.2, 0) is 38.9 Å². The Morgan fingerprint density at radius 1 is 1.14 bits per heavy atom. The van der Waals surface area contributed by atoms with Crippen LogP contribution in [-0.4, -0.2) is 63.7 Å². The number of nitrogens with zero attached hydrogens (tertiary/aromatic N) is 4. The molecule has 3 rings (SSSR count). The van der Waals surface area contributed by atoms with Crippen molar-refractivity contribution < 1.29 is 38.1 Å². The van der Waals surface area contributed by atoms with E-state index < -0.39 is 66.6 Å². The molecule has 13 heteroatoms. The van der Waals surface area contributed by atoms with Gasteiger partial charge in [-0.1, -0.05) is 27.7 Å². The van der Waals surface area contributed by atoms with Gasteiger partial charge in [0.1, 0.15) is 30.6 Å². The van der Waals surface area contributed by atoms with Gasteiger partial charge in [0, 0.05) is 0 Å². The van der Waals surface area contributed by atoms with Crippen molar-refractivity contribution in [2.45, 2.75) is 71.6 Å². The van der Waals surface area contributed by atoms with E-state index in [1.165, 1.54) is 16.9 Å². The Balaban J connectivity index is 2.13. The lowest BCUT2D eigenvalue weighted by Gasteiger charge is -2.29. The fraction of sp³-hybridized carbons (Fsp3) is 0.583. The summed E-state index contributed by atoms with van der Waals surface area (Å²) in [6.07, 6.45) is -4.18. The van der Waals surface area contributed by atoms with Gasteiger partial charge in [-0.2, -0.15) is 10.4 Å². The summed E-state index contributed by atoms with van der Waals surface area (Å²) in [4.78, 5) is 41.4. The molecule has 200 valence electrons. The number of nitriles is 1. The first kappa shape index (κ1) is 27.7. The summed E-state index contributed by atoms with van der Waals surface area (Å²) in [5.74, 6) is -2.27. The molecule has 3 heterocycles. The number of ether oxygens (including phenoxy) is 5. The number of nitrogen functional groups attached to an aromatic ring is 1. The molecule has 37 heavy (non-hydrogen) atoms. The van der Waals surface area contributed by atoms with Crippen LogP contribution in [0.1, 0.15) is 47.2 Å². The molecule has 1 fully saturated rings. The molecule has 2 aromatic heterocycles. The number of rotatable bonds is 8. The maximum Gasteiger partial charge on any atom is 0.508 e. The third kappa shape index (κ3) is 5.59. The molecule has 2 aromatic rings. The Labute approximate surface area is 213 Å². The highest BCUT2D eigenvalue weighted by Gasteiger charge is 2.63. The summed E-state index contributed by atoms with van der Waals surface area (Å²) in [5.41, 5.74) is 4.47. The van der Waals surface area contributed by atoms with Crippen LogP contribution >= 0.6 is 0 Å². The highest BCUT2D eigenvalue weighted by Crippen LogP contribution is 2.44. The zero-order valence-electron chi connectivity index (χ0n) is 21.5. The van der Waals surface area contributed by atoms with Gasteiger partial charge < -0.3 is 29.4 Å². The predicted molar refractivity (Wildman–Crippen MR) is 127 cm³/mol. The van der Waals surface area contributed by atoms with Crippen molar-refractivity contribution in [2.75, 3.05) is 12.3 Å². The quantitative estimate of drug-likeness (QED) is 0.399. The number of carbonyl (C=O) groups is 3. The third-order valence-electron chi connectivity index (χ3n) is 5.57. The minimum atomic E-state index is -2.02. The summed E-state index contributed by atoms with van der Waals surface area (Å²) < 4.78 is 29.1. The molecule has 0 amide bonds. The summed E-state index contributed by atoms with van der Waals surface area (Å²) in [5, 5.41) is 14.7. The third-order valence-corrected chi connectivity index (χ3v) is 5.57. The van der Waals surface area contributed by atoms with Crippen LogP contribution in [0.2, 0.25) is 0 Å². The van der Waals surface area contributed by atoms with Crippen LogP contribution in [0.3, 0.4) is 0 Å². The van der Waals surface area contributed by atoms with Gasteiger partial charge in [-0.3, -0.25) is 9.59 Å². The van der Waals surface area contributed by atoms with E-state index in [0.717, 1.165) is 0 Å². The van der Waals surface area contributed by atoms with Gasteiger partial charge in [0.25, 0.3) is 0 Å². The zero-order valence-corrected chi connectivity index (χ0v) is 21.5. The fourth-order valence-corrected chi connectivity index (χ4v) is 3.71. The average molecular weight is 518 g/mol. The van der Waals surface area contributed by atoms with Gasteiger partial charge in [-0.25, -0.2) is 14.3 Å². The van der Waals surface area contributed by atoms with Crippen LogP contribution in [0.15, 0.2) is 18.5 Å². The van der Waals surface area contributed by atoms with Crippen molar-refractivity contribution in [3.8, 4) is 6.07 Å². The van der Waals surface area contributed by atoms with Crippen LogP contribution in [0.25, 0.3) is 5.52 Å². The Morgan fingerprint density at radius 3 is 2.38 bits per heavy atom. The molecule has 1 aliphatic rings. The standard InChI is InChI=1S/C24H31N5O8/c1-12(2)21(30)35-18-16(9-33-23(32)34-14(5)6)37-24(10-25,19(18)36-22(31)13(3)4)17-8-7-15-20(26)27-11-28-29(15)17/h7-8,11-14,16,18-19H,9H2,1-6H3,(H2,26,27,28)/t16-,18-,19-,24+/m1/s1. The number of hydrogen-bond donors (Lipinski definition) is 1. The number of aromatic nitrogens is 3. The van der Waals surface area contributed by atoms with E-state index in [9.17, 15) is 19.6 Å². The van der Waals surface area contributed by atoms with E-state index in [1.54, 1.807) is 47.6 Å². The summed E-state index contributed by atoms with van der Waals surface area (Å²) in [6, 6.07) is 5.19. The van der Waals surface area contributed by atoms with E-state index in [0.29, 0.717) is 5.52 Å². The molecule has 0 aliphatic carbocycles. The molecule has 0 unspecified atom stereocenters. The summed E-state index contributed by atoms with van der Waals surface area (Å²) in [7, 11) is 0. The van der Waals surface area contributed by atoms with E-state index >= 15 is 0 Å². The lowest BCUT2D eigenvalue weighted by molar-refractivity contribution is -0.173. The number of carbonyl (C=O) groups excluding carboxylic acids is 3. The Kier molecular flexibility index (Phi) is 8.22. The first-order valence-electron chi connectivity index (χ1n) is 11.8. The number of anilines is 1. The van der Waals surface area contributed by atoms with Gasteiger partial charge in [-0.15, -0.1) is 0 Å². The maximum absolute atomic E-state index is 12.8. The van der Waals surface area contributed by atoms with Gasteiger partial charge in [0.2, 0.25) is 5.60 Å². The fourth-order valence-electron chi connectivity index (χ4n) is 3.71. The zero-order chi connectivity index (χ0) is 27.5. The molecule has 0 saturated carbocycles. The number of fused-ring (bicyclic) bond motifs is 1. The molecule has 4 atom stereocenters. The van der Waals surface area contributed by atoms with Crippen LogP contribution < -0.4 is 5.73 Å². The smallest absolute Gasteiger partial charge is 0.455 e. The van der Waals surface area contributed by atoms with Crippen LogP contribution in [0.4, 0.5) is 10.6 Å². The van der Waals surface area contributed by atoms with Crippen molar-refractivity contribution in [3.63, 3.8) is 0 Å². The molecule has 1 aliphatic heterocycles. The van der Waals surface area contributed by atoms with Gasteiger partial charge in [-0.05, 0) is 26.0 Å². The second-order valence-corrected chi connectivity index (χ2v) is 9.46. The normalized spacial score (nSPS) is 23.3. The molecule has 0 bridgehead atoms. The Hall–Kier alpha value is -3.92. The second kappa shape index (κ2) is 11.0. The van der Waals surface area contributed by atoms with E-state index in [-0.39, 0.29) is 11.5 Å². The van der Waals surface area contributed by atoms with Gasteiger partial charge in [0.15, 0.2) is 18.0 Å². The topological polar surface area (TPSA) is 177 Å². The summed E-state index contributed by atoms with van der Waals surface area (Å²) in [6.45, 7) is 9.31. The van der Waals surface area contributed by atoms with E-state index in [2.05, 4.69) is 16.2 Å². The molecule has 0 aromatic carbocycles. The van der Waals surface area contributed by atoms with Crippen molar-refractivity contribution >= 4 is 29.4 Å². The maximum atomic E-state index is 12.8. The molecule has 2 N–H and O–H groups in total. The van der Waals surface area contributed by atoms with E-state index in [1.807, 2.05) is 0 Å². The average Bonchev–Trinajstić information content (AvgIpc) is 3.38. The monoisotopic (exact) mass is 517 g/mol. The molecule has 0 radical (unpaired) electrons. The highest BCUT2D eigenvalue weighted by molar-refractivity contribution is 5.73. The van der Waals surface area contributed by atoms with Crippen molar-refractivity contribution in [2.24, 2.45) is 11.8 Å². The predicted octanol–water partition coefficient (Wildman–Crippen LogP) is 2.13. The number of esters is 2. The highest BCUT2D eigenvalue weighted by atomic mass is 16.7. The molecular formula is C24H31N5O8. The largest absolute Gasteiger partial charge is 0.508 e. The first-order chi connectivity index (χ1) is 17.4. The Bertz CT molecular complexity index is 1200. The van der Waals surface area contributed by atoms with Gasteiger partial charge >= 0.3 is 18.1 Å². The molecule has 1 saturated heterocycles. The van der Waals surface area contributed by atoms with Crippen molar-refractivity contribution in [3.05, 3.63) is 24.2 Å². The van der Waals surface area contributed by atoms with Crippen molar-refractivity contribution in [1.82, 2.24) is 14.6 Å². The first-order valence-corrected chi connectivity index (χ1v) is 11.8. The van der Waals surface area contributed by atoms with Crippen molar-refractivity contribution in [1.29, 1.82) is 5.26 Å². The second-order valence-electron chi connectivity index (χ2n) is 9.46.